The minimum Gasteiger partial charge on any atom is -0.465 e. The van der Waals surface area contributed by atoms with Gasteiger partial charge in [0.05, 0.1) is 24.5 Å². The molecule has 11 heteroatoms. The fourth-order valence-corrected chi connectivity index (χ4v) is 6.54. The molecule has 1 unspecified atom stereocenters. The molecule has 2 atom stereocenters. The van der Waals surface area contributed by atoms with Crippen molar-refractivity contribution in [2.45, 2.75) is 44.0 Å². The molecule has 0 spiro atoms. The highest BCUT2D eigenvalue weighted by atomic mass is 32.2. The molecule has 0 saturated carbocycles. The van der Waals surface area contributed by atoms with Gasteiger partial charge in [0.15, 0.2) is 0 Å². The van der Waals surface area contributed by atoms with Crippen LogP contribution >= 0.6 is 11.3 Å². The smallest absolute Gasteiger partial charge is 0.416 e. The first kappa shape index (κ1) is 26.4. The third-order valence-corrected chi connectivity index (χ3v) is 8.55. The number of alkyl halides is 3. The van der Waals surface area contributed by atoms with E-state index in [1.807, 2.05) is 6.07 Å². The summed E-state index contributed by atoms with van der Waals surface area (Å²) >= 11 is 1.31. The van der Waals surface area contributed by atoms with Crippen molar-refractivity contribution in [3.05, 3.63) is 69.4 Å². The lowest BCUT2D eigenvalue weighted by molar-refractivity contribution is -0.137. The van der Waals surface area contributed by atoms with Gasteiger partial charge >= 0.3 is 12.1 Å². The Hall–Kier alpha value is -2.21. The number of hydrogen-bond acceptors (Lipinski definition) is 6. The molecule has 1 N–H and O–H groups in total. The SMILES string of the molecule is COC(=O)c1ccc(CCCN2[C@@H](C=CC(O)Cc3cccc(C(F)(F)F)c3)CCS2(=O)=O)s1. The normalized spacial score (nSPS) is 19.5. The summed E-state index contributed by atoms with van der Waals surface area (Å²) in [5.74, 6) is -0.413. The Morgan fingerprint density at radius 2 is 2.09 bits per heavy atom. The summed E-state index contributed by atoms with van der Waals surface area (Å²) in [7, 11) is -2.12. The van der Waals surface area contributed by atoms with Gasteiger partial charge in [-0.15, -0.1) is 11.3 Å². The summed E-state index contributed by atoms with van der Waals surface area (Å²) in [5, 5.41) is 10.3. The van der Waals surface area contributed by atoms with Crippen LogP contribution in [0.1, 0.15) is 38.5 Å². The highest BCUT2D eigenvalue weighted by molar-refractivity contribution is 7.89. The van der Waals surface area contributed by atoms with Crippen LogP contribution in [0.3, 0.4) is 0 Å². The van der Waals surface area contributed by atoms with E-state index in [2.05, 4.69) is 4.74 Å². The topological polar surface area (TPSA) is 83.9 Å². The van der Waals surface area contributed by atoms with E-state index < -0.39 is 39.9 Å². The Labute approximate surface area is 200 Å². The first-order valence-electron chi connectivity index (χ1n) is 10.7. The van der Waals surface area contributed by atoms with Gasteiger partial charge < -0.3 is 9.84 Å². The van der Waals surface area contributed by atoms with Crippen LogP contribution in [-0.2, 0) is 33.8 Å². The molecule has 1 saturated heterocycles. The fourth-order valence-electron chi connectivity index (χ4n) is 3.81. The largest absolute Gasteiger partial charge is 0.465 e. The van der Waals surface area contributed by atoms with Crippen molar-refractivity contribution in [1.29, 1.82) is 0 Å². The monoisotopic (exact) mass is 517 g/mol. The molecule has 1 aliphatic heterocycles. The van der Waals surface area contributed by atoms with Crippen molar-refractivity contribution < 1.29 is 36.2 Å². The summed E-state index contributed by atoms with van der Waals surface area (Å²) in [6, 6.07) is 7.84. The van der Waals surface area contributed by atoms with Crippen molar-refractivity contribution >= 4 is 27.3 Å². The average Bonchev–Trinajstić information content (AvgIpc) is 3.36. The number of sulfonamides is 1. The van der Waals surface area contributed by atoms with Crippen LogP contribution in [0.2, 0.25) is 0 Å². The van der Waals surface area contributed by atoms with Crippen molar-refractivity contribution in [3.63, 3.8) is 0 Å². The maximum absolute atomic E-state index is 12.9. The molecule has 0 amide bonds. The Morgan fingerprint density at radius 3 is 2.79 bits per heavy atom. The van der Waals surface area contributed by atoms with Gasteiger partial charge in [-0.05, 0) is 43.0 Å². The molecule has 1 aromatic carbocycles. The standard InChI is InChI=1S/C23H26F3NO5S2/c1-32-22(29)21-10-9-20(33-21)6-3-12-27-18(11-13-34(27,30)31)7-8-19(28)15-16-4-2-5-17(14-16)23(24,25)26/h2,4-5,7-10,14,18-19,28H,3,6,11-13,15H2,1H3/t18-,19?/m0/s1. The first-order chi connectivity index (χ1) is 16.0. The predicted molar refractivity (Wildman–Crippen MR) is 123 cm³/mol. The van der Waals surface area contributed by atoms with Crippen LogP contribution in [0.4, 0.5) is 13.2 Å². The van der Waals surface area contributed by atoms with Crippen LogP contribution in [0.5, 0.6) is 0 Å². The second-order valence-corrected chi connectivity index (χ2v) is 11.2. The number of aryl methyl sites for hydroxylation is 1. The summed E-state index contributed by atoms with van der Waals surface area (Å²) in [6.45, 7) is 0.284. The van der Waals surface area contributed by atoms with Crippen molar-refractivity contribution in [1.82, 2.24) is 4.31 Å². The molecule has 1 aromatic heterocycles. The number of carbonyl (C=O) groups is 1. The number of hydrogen-bond donors (Lipinski definition) is 1. The molecular formula is C23H26F3NO5S2. The van der Waals surface area contributed by atoms with Gasteiger partial charge in [0.25, 0.3) is 0 Å². The van der Waals surface area contributed by atoms with E-state index in [1.165, 1.54) is 41.0 Å². The quantitative estimate of drug-likeness (QED) is 0.401. The fraction of sp³-hybridized carbons (Fsp3) is 0.435. The molecule has 0 bridgehead atoms. The van der Waals surface area contributed by atoms with E-state index in [0.717, 1.165) is 17.0 Å². The molecule has 2 aromatic rings. The number of aliphatic hydroxyl groups is 1. The van der Waals surface area contributed by atoms with Gasteiger partial charge in [0.1, 0.15) is 4.88 Å². The summed E-state index contributed by atoms with van der Waals surface area (Å²) in [4.78, 5) is 13.0. The summed E-state index contributed by atoms with van der Waals surface area (Å²) < 4.78 is 69.7. The number of esters is 1. The van der Waals surface area contributed by atoms with Gasteiger partial charge in [0, 0.05) is 23.9 Å². The Balaban J connectivity index is 1.58. The zero-order chi connectivity index (χ0) is 24.9. The van der Waals surface area contributed by atoms with E-state index >= 15 is 0 Å². The van der Waals surface area contributed by atoms with Crippen molar-refractivity contribution in [2.75, 3.05) is 19.4 Å². The van der Waals surface area contributed by atoms with E-state index in [4.69, 9.17) is 0 Å². The lowest BCUT2D eigenvalue weighted by Crippen LogP contribution is -2.33. The number of aliphatic hydroxyl groups excluding tert-OH is 1. The molecule has 1 fully saturated rings. The highest BCUT2D eigenvalue weighted by Crippen LogP contribution is 2.30. The van der Waals surface area contributed by atoms with Crippen LogP contribution in [0, 0.1) is 0 Å². The second-order valence-electron chi connectivity index (χ2n) is 8.00. The van der Waals surface area contributed by atoms with Gasteiger partial charge in [-0.25, -0.2) is 13.2 Å². The summed E-state index contributed by atoms with van der Waals surface area (Å²) in [6.07, 6.45) is -0.929. The number of carbonyl (C=O) groups excluding carboxylic acids is 1. The van der Waals surface area contributed by atoms with Crippen molar-refractivity contribution in [2.24, 2.45) is 0 Å². The maximum atomic E-state index is 12.9. The second kappa shape index (κ2) is 11.0. The number of halogens is 3. The number of ether oxygens (including phenoxy) is 1. The molecule has 6 nitrogen and oxygen atoms in total. The zero-order valence-electron chi connectivity index (χ0n) is 18.5. The number of methoxy groups -OCH3 is 1. The van der Waals surface area contributed by atoms with Gasteiger partial charge in [0.2, 0.25) is 10.0 Å². The zero-order valence-corrected chi connectivity index (χ0v) is 20.1. The third kappa shape index (κ3) is 6.91. The molecule has 186 valence electrons. The minimum atomic E-state index is -4.46. The van der Waals surface area contributed by atoms with Crippen LogP contribution in [-0.4, -0.2) is 55.4 Å². The number of thiophene rings is 1. The lowest BCUT2D eigenvalue weighted by Gasteiger charge is -2.20. The Kier molecular flexibility index (Phi) is 8.56. The Bertz CT molecular complexity index is 1130. The van der Waals surface area contributed by atoms with Crippen LogP contribution < -0.4 is 0 Å². The van der Waals surface area contributed by atoms with Gasteiger partial charge in [-0.2, -0.15) is 17.5 Å². The predicted octanol–water partition coefficient (Wildman–Crippen LogP) is 4.05. The number of nitrogens with zero attached hydrogens (tertiary/aromatic N) is 1. The minimum absolute atomic E-state index is 0.00276. The molecule has 2 heterocycles. The van der Waals surface area contributed by atoms with E-state index in [9.17, 15) is 31.5 Å². The van der Waals surface area contributed by atoms with E-state index in [-0.39, 0.29) is 18.7 Å². The van der Waals surface area contributed by atoms with Crippen LogP contribution in [0.25, 0.3) is 0 Å². The summed E-state index contributed by atoms with van der Waals surface area (Å²) in [5.41, 5.74) is -0.441. The molecule has 3 rings (SSSR count). The van der Waals surface area contributed by atoms with Gasteiger partial charge in [-0.1, -0.05) is 30.4 Å². The van der Waals surface area contributed by atoms with Crippen LogP contribution in [0.15, 0.2) is 48.6 Å². The molecule has 0 radical (unpaired) electrons. The number of rotatable bonds is 9. The maximum Gasteiger partial charge on any atom is 0.416 e. The molecule has 0 aliphatic carbocycles. The van der Waals surface area contributed by atoms with Crippen molar-refractivity contribution in [3.8, 4) is 0 Å². The molecule has 34 heavy (non-hydrogen) atoms. The molecule has 1 aliphatic rings. The first-order valence-corrected chi connectivity index (χ1v) is 13.1. The Morgan fingerprint density at radius 1 is 1.32 bits per heavy atom. The van der Waals surface area contributed by atoms with E-state index in [0.29, 0.717) is 29.7 Å². The number of benzene rings is 1. The third-order valence-electron chi connectivity index (χ3n) is 5.50. The molecular weight excluding hydrogens is 491 g/mol. The lowest BCUT2D eigenvalue weighted by atomic mass is 10.0. The average molecular weight is 518 g/mol. The van der Waals surface area contributed by atoms with E-state index in [1.54, 1.807) is 12.1 Å². The van der Waals surface area contributed by atoms with Gasteiger partial charge in [-0.3, -0.25) is 0 Å². The highest BCUT2D eigenvalue weighted by Gasteiger charge is 2.35.